The van der Waals surface area contributed by atoms with Crippen molar-refractivity contribution < 1.29 is 17.9 Å². The maximum atomic E-state index is 13.6. The van der Waals surface area contributed by atoms with Gasteiger partial charge >= 0.3 is 0 Å². The van der Waals surface area contributed by atoms with E-state index in [0.717, 1.165) is 47.6 Å². The predicted octanol–water partition coefficient (Wildman–Crippen LogP) is 6.66. The maximum Gasteiger partial charge on any atom is 0.255 e. The summed E-state index contributed by atoms with van der Waals surface area (Å²) in [7, 11) is -2.17. The van der Waals surface area contributed by atoms with Crippen molar-refractivity contribution in [3.63, 3.8) is 0 Å². The summed E-state index contributed by atoms with van der Waals surface area (Å²) in [6, 6.07) is 19.0. The molecule has 0 aliphatic carbocycles. The van der Waals surface area contributed by atoms with Crippen LogP contribution in [0.15, 0.2) is 77.2 Å². The number of carbonyl (C=O) groups is 1. The normalized spacial score (nSPS) is 14.8. The molecule has 1 unspecified atom stereocenters. The third kappa shape index (κ3) is 7.39. The Kier molecular flexibility index (Phi) is 9.20. The molecule has 1 aromatic heterocycles. The van der Waals surface area contributed by atoms with Gasteiger partial charge in [-0.2, -0.15) is 5.11 Å². The van der Waals surface area contributed by atoms with E-state index in [9.17, 15) is 13.2 Å². The zero-order valence-corrected chi connectivity index (χ0v) is 28.1. The molecule has 11 nitrogen and oxygen atoms in total. The fourth-order valence-corrected chi connectivity index (χ4v) is 5.92. The van der Waals surface area contributed by atoms with E-state index in [1.807, 2.05) is 52.0 Å². The lowest BCUT2D eigenvalue weighted by Gasteiger charge is -2.24. The molecular weight excluding hydrogens is 602 g/mol. The van der Waals surface area contributed by atoms with Gasteiger partial charge < -0.3 is 14.6 Å². The van der Waals surface area contributed by atoms with Crippen molar-refractivity contribution >= 4 is 33.0 Å². The van der Waals surface area contributed by atoms with Crippen molar-refractivity contribution in [3.05, 3.63) is 101 Å². The van der Waals surface area contributed by atoms with E-state index >= 15 is 0 Å². The SMILES string of the molecule is CCc1nc(C2CN(c3cc(C(=O)Nc4cc(C(C)(C)C)cc(NS(C)(=O)=O)c4OC)ccc3C)N=N2)cn1Cc1ccccc1. The Morgan fingerprint density at radius 1 is 1.07 bits per heavy atom. The van der Waals surface area contributed by atoms with Crippen molar-refractivity contribution in [2.45, 2.75) is 59.0 Å². The summed E-state index contributed by atoms with van der Waals surface area (Å²) in [4.78, 5) is 18.5. The number of methoxy groups -OCH3 is 1. The molecular formula is C34H41N7O4S. The van der Waals surface area contributed by atoms with Gasteiger partial charge in [0.1, 0.15) is 11.9 Å². The molecule has 2 heterocycles. The van der Waals surface area contributed by atoms with Gasteiger partial charge in [-0.05, 0) is 53.3 Å². The smallest absolute Gasteiger partial charge is 0.255 e. The third-order valence-electron chi connectivity index (χ3n) is 7.83. The molecule has 0 saturated heterocycles. The van der Waals surface area contributed by atoms with Gasteiger partial charge in [0.25, 0.3) is 5.91 Å². The van der Waals surface area contributed by atoms with E-state index in [2.05, 4.69) is 50.2 Å². The predicted molar refractivity (Wildman–Crippen MR) is 181 cm³/mol. The molecule has 0 radical (unpaired) electrons. The van der Waals surface area contributed by atoms with Crippen molar-refractivity contribution in [2.75, 3.05) is 35.0 Å². The molecule has 46 heavy (non-hydrogen) atoms. The first-order valence-corrected chi connectivity index (χ1v) is 17.1. The summed E-state index contributed by atoms with van der Waals surface area (Å²) >= 11 is 0. The van der Waals surface area contributed by atoms with Gasteiger partial charge in [0.2, 0.25) is 10.0 Å². The molecule has 1 aliphatic heterocycles. The minimum atomic E-state index is -3.60. The fourth-order valence-electron chi connectivity index (χ4n) is 5.37. The Morgan fingerprint density at radius 2 is 1.78 bits per heavy atom. The number of amides is 1. The first-order chi connectivity index (χ1) is 21.8. The summed E-state index contributed by atoms with van der Waals surface area (Å²) in [5, 5.41) is 13.7. The number of hydrogen-bond donors (Lipinski definition) is 2. The standard InChI is InChI=1S/C34H41N7O4S/c1-8-31-35-28(20-40(31)19-23-12-10-9-11-13-23)29-21-41(39-37-29)30-16-24(15-14-22(30)2)33(42)36-26-17-25(34(3,4)5)18-27(32(26)45-6)38-46(7,43)44/h9-18,20,29,38H,8,19,21H2,1-7H3,(H,36,42). The average molecular weight is 644 g/mol. The van der Waals surface area contributed by atoms with Crippen LogP contribution in [0.4, 0.5) is 17.1 Å². The molecule has 2 N–H and O–H groups in total. The molecule has 12 heteroatoms. The summed E-state index contributed by atoms with van der Waals surface area (Å²) in [5.41, 5.74) is 5.25. The Hall–Kier alpha value is -4.71. The minimum Gasteiger partial charge on any atom is -0.492 e. The van der Waals surface area contributed by atoms with Crippen LogP contribution in [0, 0.1) is 6.92 Å². The molecule has 0 fully saturated rings. The van der Waals surface area contributed by atoms with E-state index in [1.54, 1.807) is 29.3 Å². The molecule has 0 saturated carbocycles. The van der Waals surface area contributed by atoms with E-state index in [-0.39, 0.29) is 28.8 Å². The van der Waals surface area contributed by atoms with Gasteiger partial charge in [-0.1, -0.05) is 69.3 Å². The first kappa shape index (κ1) is 32.7. The van der Waals surface area contributed by atoms with Crippen molar-refractivity contribution in [2.24, 2.45) is 10.3 Å². The van der Waals surface area contributed by atoms with E-state index in [4.69, 9.17) is 9.72 Å². The largest absolute Gasteiger partial charge is 0.492 e. The van der Waals surface area contributed by atoms with E-state index in [1.165, 1.54) is 12.7 Å². The monoisotopic (exact) mass is 643 g/mol. The third-order valence-corrected chi connectivity index (χ3v) is 8.42. The zero-order valence-electron chi connectivity index (χ0n) is 27.3. The lowest BCUT2D eigenvalue weighted by atomic mass is 9.86. The van der Waals surface area contributed by atoms with Crippen LogP contribution in [-0.4, -0.2) is 43.8 Å². The van der Waals surface area contributed by atoms with Crippen LogP contribution >= 0.6 is 0 Å². The summed E-state index contributed by atoms with van der Waals surface area (Å²) < 4.78 is 34.5. The number of imidazole rings is 1. The highest BCUT2D eigenvalue weighted by molar-refractivity contribution is 7.92. The molecule has 3 aromatic carbocycles. The van der Waals surface area contributed by atoms with Crippen LogP contribution in [0.1, 0.15) is 72.3 Å². The Balaban J connectivity index is 1.38. The van der Waals surface area contributed by atoms with Gasteiger partial charge in [0.15, 0.2) is 5.75 Å². The van der Waals surface area contributed by atoms with Gasteiger partial charge in [-0.15, -0.1) is 0 Å². The summed E-state index contributed by atoms with van der Waals surface area (Å²) in [6.45, 7) is 11.3. The first-order valence-electron chi connectivity index (χ1n) is 15.2. The molecule has 1 aliphatic rings. The van der Waals surface area contributed by atoms with Gasteiger partial charge in [-0.25, -0.2) is 18.4 Å². The number of anilines is 3. The Morgan fingerprint density at radius 3 is 2.43 bits per heavy atom. The average Bonchev–Trinajstić information content (AvgIpc) is 3.64. The molecule has 4 aromatic rings. The summed E-state index contributed by atoms with van der Waals surface area (Å²) in [5.74, 6) is 0.826. The van der Waals surface area contributed by atoms with Gasteiger partial charge in [-0.3, -0.25) is 9.52 Å². The lowest BCUT2D eigenvalue weighted by Crippen LogP contribution is -2.20. The van der Waals surface area contributed by atoms with Crippen molar-refractivity contribution in [3.8, 4) is 5.75 Å². The molecule has 1 atom stereocenters. The number of hydrogen-bond acceptors (Lipinski definition) is 8. The van der Waals surface area contributed by atoms with Crippen LogP contribution in [0.5, 0.6) is 5.75 Å². The Labute approximate surface area is 270 Å². The second-order valence-corrected chi connectivity index (χ2v) is 14.3. The number of benzene rings is 3. The van der Waals surface area contributed by atoms with Crippen LogP contribution in [0.3, 0.4) is 0 Å². The second-order valence-electron chi connectivity index (χ2n) is 12.5. The quantitative estimate of drug-likeness (QED) is 0.199. The minimum absolute atomic E-state index is 0.216. The van der Waals surface area contributed by atoms with Crippen LogP contribution in [0.25, 0.3) is 0 Å². The van der Waals surface area contributed by atoms with E-state index < -0.39 is 10.0 Å². The number of aryl methyl sites for hydroxylation is 2. The van der Waals surface area contributed by atoms with Crippen molar-refractivity contribution in [1.82, 2.24) is 9.55 Å². The number of aromatic nitrogens is 2. The second kappa shape index (κ2) is 13.0. The Bertz CT molecular complexity index is 1880. The number of ether oxygens (including phenoxy) is 1. The topological polar surface area (TPSA) is 130 Å². The highest BCUT2D eigenvalue weighted by Crippen LogP contribution is 2.39. The number of carbonyl (C=O) groups excluding carboxylic acids is 1. The highest BCUT2D eigenvalue weighted by atomic mass is 32.2. The number of nitrogens with one attached hydrogen (secondary N) is 2. The van der Waals surface area contributed by atoms with Crippen molar-refractivity contribution in [1.29, 1.82) is 0 Å². The zero-order chi connectivity index (χ0) is 33.2. The van der Waals surface area contributed by atoms with Crippen LogP contribution < -0.4 is 19.8 Å². The summed E-state index contributed by atoms with van der Waals surface area (Å²) in [6.07, 6.45) is 3.93. The van der Waals surface area contributed by atoms with Gasteiger partial charge in [0, 0.05) is 24.7 Å². The van der Waals surface area contributed by atoms with Crippen LogP contribution in [0.2, 0.25) is 0 Å². The lowest BCUT2D eigenvalue weighted by molar-refractivity contribution is 0.102. The maximum absolute atomic E-state index is 13.6. The molecule has 5 rings (SSSR count). The number of sulfonamides is 1. The fraction of sp³-hybridized carbons (Fsp3) is 0.353. The molecule has 1 amide bonds. The number of nitrogens with zero attached hydrogens (tertiary/aromatic N) is 5. The number of rotatable bonds is 10. The molecule has 0 bridgehead atoms. The molecule has 242 valence electrons. The molecule has 0 spiro atoms. The highest BCUT2D eigenvalue weighted by Gasteiger charge is 2.27. The van der Waals surface area contributed by atoms with E-state index in [0.29, 0.717) is 17.8 Å². The van der Waals surface area contributed by atoms with Crippen LogP contribution in [-0.2, 0) is 28.4 Å². The van der Waals surface area contributed by atoms with Gasteiger partial charge in [0.05, 0.1) is 42.7 Å².